The topological polar surface area (TPSA) is 41.5 Å². The van der Waals surface area contributed by atoms with Crippen LogP contribution < -0.4 is 5.32 Å². The van der Waals surface area contributed by atoms with E-state index in [0.717, 1.165) is 38.5 Å². The van der Waals surface area contributed by atoms with Crippen LogP contribution in [0.15, 0.2) is 0 Å². The largest absolute Gasteiger partial charge is 0.392 e. The van der Waals surface area contributed by atoms with E-state index in [0.29, 0.717) is 6.04 Å². The zero-order valence-electron chi connectivity index (χ0n) is 8.04. The zero-order chi connectivity index (χ0) is 9.10. The molecule has 3 nitrogen and oxygen atoms in total. The Morgan fingerprint density at radius 2 is 1.92 bits per heavy atom. The number of hydrogen-bond acceptors (Lipinski definition) is 3. The molecule has 0 aromatic carbocycles. The van der Waals surface area contributed by atoms with E-state index in [4.69, 9.17) is 4.74 Å². The fraction of sp³-hybridized carbons (Fsp3) is 1.00. The van der Waals surface area contributed by atoms with Crippen LogP contribution in [0.2, 0.25) is 0 Å². The third kappa shape index (κ3) is 2.42. The van der Waals surface area contributed by atoms with Gasteiger partial charge >= 0.3 is 0 Å². The highest BCUT2D eigenvalue weighted by molar-refractivity contribution is 4.86. The Kier molecular flexibility index (Phi) is 3.19. The maximum atomic E-state index is 9.35. The van der Waals surface area contributed by atoms with E-state index < -0.39 is 0 Å². The van der Waals surface area contributed by atoms with Crippen LogP contribution in [0, 0.1) is 5.92 Å². The van der Waals surface area contributed by atoms with Gasteiger partial charge in [0.05, 0.1) is 6.10 Å². The average Bonchev–Trinajstić information content (AvgIpc) is 2.17. The third-order valence-electron chi connectivity index (χ3n) is 3.25. The van der Waals surface area contributed by atoms with E-state index >= 15 is 0 Å². The van der Waals surface area contributed by atoms with Crippen molar-refractivity contribution in [3.63, 3.8) is 0 Å². The predicted molar refractivity (Wildman–Crippen MR) is 50.6 cm³/mol. The van der Waals surface area contributed by atoms with Crippen molar-refractivity contribution in [1.29, 1.82) is 0 Å². The summed E-state index contributed by atoms with van der Waals surface area (Å²) in [6.45, 7) is 2.89. The van der Waals surface area contributed by atoms with E-state index in [-0.39, 0.29) is 6.10 Å². The van der Waals surface area contributed by atoms with E-state index in [1.807, 2.05) is 0 Å². The molecule has 13 heavy (non-hydrogen) atoms. The number of aliphatic hydroxyl groups is 1. The molecule has 0 unspecified atom stereocenters. The van der Waals surface area contributed by atoms with Crippen molar-refractivity contribution in [3.05, 3.63) is 0 Å². The van der Waals surface area contributed by atoms with Gasteiger partial charge in [-0.3, -0.25) is 0 Å². The monoisotopic (exact) mass is 185 g/mol. The van der Waals surface area contributed by atoms with Crippen molar-refractivity contribution in [1.82, 2.24) is 5.32 Å². The second-order valence-electron chi connectivity index (χ2n) is 4.22. The highest BCUT2D eigenvalue weighted by atomic mass is 16.5. The van der Waals surface area contributed by atoms with Crippen LogP contribution >= 0.6 is 0 Å². The van der Waals surface area contributed by atoms with Crippen LogP contribution in [0.3, 0.4) is 0 Å². The van der Waals surface area contributed by atoms with Crippen LogP contribution in [0.1, 0.15) is 25.7 Å². The molecule has 2 atom stereocenters. The first-order chi connectivity index (χ1) is 6.36. The van der Waals surface area contributed by atoms with Gasteiger partial charge in [-0.1, -0.05) is 0 Å². The highest BCUT2D eigenvalue weighted by Crippen LogP contribution is 2.20. The van der Waals surface area contributed by atoms with Crippen LogP contribution in [0.25, 0.3) is 0 Å². The number of nitrogens with one attached hydrogen (secondary N) is 1. The minimum Gasteiger partial charge on any atom is -0.392 e. The maximum Gasteiger partial charge on any atom is 0.0693 e. The Labute approximate surface area is 79.5 Å². The molecule has 1 aliphatic carbocycles. The molecule has 1 saturated heterocycles. The number of hydrogen-bond donors (Lipinski definition) is 2. The summed E-state index contributed by atoms with van der Waals surface area (Å²) in [4.78, 5) is 0. The van der Waals surface area contributed by atoms with Gasteiger partial charge in [-0.05, 0) is 38.1 Å². The SMILES string of the molecule is O[C@@H]1CC[C@H]1NCC1CCOCC1. The second kappa shape index (κ2) is 4.40. The molecule has 2 rings (SSSR count). The molecule has 0 aromatic rings. The zero-order valence-corrected chi connectivity index (χ0v) is 8.04. The van der Waals surface area contributed by atoms with Crippen molar-refractivity contribution in [3.8, 4) is 0 Å². The molecule has 0 spiro atoms. The molecular weight excluding hydrogens is 166 g/mol. The summed E-state index contributed by atoms with van der Waals surface area (Å²) in [7, 11) is 0. The highest BCUT2D eigenvalue weighted by Gasteiger charge is 2.28. The molecule has 0 amide bonds. The van der Waals surface area contributed by atoms with Gasteiger partial charge in [-0.15, -0.1) is 0 Å². The molecule has 76 valence electrons. The van der Waals surface area contributed by atoms with Gasteiger partial charge in [-0.25, -0.2) is 0 Å². The summed E-state index contributed by atoms with van der Waals surface area (Å²) >= 11 is 0. The molecule has 3 heteroatoms. The molecule has 0 bridgehead atoms. The van der Waals surface area contributed by atoms with E-state index in [2.05, 4.69) is 5.32 Å². The van der Waals surface area contributed by atoms with Crippen molar-refractivity contribution >= 4 is 0 Å². The Morgan fingerprint density at radius 1 is 1.15 bits per heavy atom. The maximum absolute atomic E-state index is 9.35. The Hall–Kier alpha value is -0.120. The molecule has 2 fully saturated rings. The van der Waals surface area contributed by atoms with Gasteiger partial charge in [0.1, 0.15) is 0 Å². The van der Waals surface area contributed by atoms with Gasteiger partial charge in [0, 0.05) is 19.3 Å². The Bertz CT molecular complexity index is 157. The summed E-state index contributed by atoms with van der Waals surface area (Å²) in [6, 6.07) is 0.378. The Morgan fingerprint density at radius 3 is 2.46 bits per heavy atom. The summed E-state index contributed by atoms with van der Waals surface area (Å²) in [6.07, 6.45) is 4.39. The van der Waals surface area contributed by atoms with Crippen LogP contribution in [-0.4, -0.2) is 37.0 Å². The van der Waals surface area contributed by atoms with Gasteiger partial charge in [-0.2, -0.15) is 0 Å². The van der Waals surface area contributed by atoms with Gasteiger partial charge in [0.2, 0.25) is 0 Å². The second-order valence-corrected chi connectivity index (χ2v) is 4.22. The molecule has 1 saturated carbocycles. The lowest BCUT2D eigenvalue weighted by atomic mass is 9.88. The summed E-state index contributed by atoms with van der Waals surface area (Å²) in [5.41, 5.74) is 0. The van der Waals surface area contributed by atoms with Gasteiger partial charge < -0.3 is 15.2 Å². The lowest BCUT2D eigenvalue weighted by Gasteiger charge is -2.35. The normalized spacial score (nSPS) is 35.8. The first kappa shape index (κ1) is 9.44. The molecule has 2 N–H and O–H groups in total. The minimum atomic E-state index is -0.0835. The van der Waals surface area contributed by atoms with Crippen molar-refractivity contribution < 1.29 is 9.84 Å². The summed E-state index contributed by atoms with van der Waals surface area (Å²) in [5, 5.41) is 12.8. The standard InChI is InChI=1S/C10H19NO2/c12-10-2-1-9(10)11-7-8-3-5-13-6-4-8/h8-12H,1-7H2/t9-,10-/m1/s1. The summed E-state index contributed by atoms with van der Waals surface area (Å²) in [5.74, 6) is 0.765. The van der Waals surface area contributed by atoms with Crippen molar-refractivity contribution in [2.45, 2.75) is 37.8 Å². The number of aliphatic hydroxyl groups excluding tert-OH is 1. The van der Waals surface area contributed by atoms with Crippen molar-refractivity contribution in [2.24, 2.45) is 5.92 Å². The van der Waals surface area contributed by atoms with Crippen molar-refractivity contribution in [2.75, 3.05) is 19.8 Å². The molecule has 0 aromatic heterocycles. The van der Waals surface area contributed by atoms with E-state index in [9.17, 15) is 5.11 Å². The smallest absolute Gasteiger partial charge is 0.0693 e. The Balaban J connectivity index is 1.61. The van der Waals surface area contributed by atoms with Crippen LogP contribution in [-0.2, 0) is 4.74 Å². The van der Waals surface area contributed by atoms with E-state index in [1.54, 1.807) is 0 Å². The molecular formula is C10H19NO2. The summed E-state index contributed by atoms with van der Waals surface area (Å²) < 4.78 is 5.29. The molecule has 2 aliphatic rings. The lowest BCUT2D eigenvalue weighted by Crippen LogP contribution is -2.49. The fourth-order valence-electron chi connectivity index (χ4n) is 1.99. The molecule has 1 heterocycles. The lowest BCUT2D eigenvalue weighted by molar-refractivity contribution is 0.0363. The average molecular weight is 185 g/mol. The first-order valence-electron chi connectivity index (χ1n) is 5.35. The van der Waals surface area contributed by atoms with Crippen LogP contribution in [0.5, 0.6) is 0 Å². The quantitative estimate of drug-likeness (QED) is 0.674. The van der Waals surface area contributed by atoms with Gasteiger partial charge in [0.15, 0.2) is 0 Å². The number of ether oxygens (including phenoxy) is 1. The fourth-order valence-corrected chi connectivity index (χ4v) is 1.99. The minimum absolute atomic E-state index is 0.0835. The van der Waals surface area contributed by atoms with Gasteiger partial charge in [0.25, 0.3) is 0 Å². The first-order valence-corrected chi connectivity index (χ1v) is 5.35. The third-order valence-corrected chi connectivity index (χ3v) is 3.25. The van der Waals surface area contributed by atoms with E-state index in [1.165, 1.54) is 12.8 Å². The van der Waals surface area contributed by atoms with Crippen LogP contribution in [0.4, 0.5) is 0 Å². The predicted octanol–water partition coefficient (Wildman–Crippen LogP) is 0.526. The molecule has 1 aliphatic heterocycles. The molecule has 0 radical (unpaired) electrons. The number of rotatable bonds is 3.